The van der Waals surface area contributed by atoms with Gasteiger partial charge in [-0.3, -0.25) is 4.79 Å². The summed E-state index contributed by atoms with van der Waals surface area (Å²) >= 11 is 2.25. The van der Waals surface area contributed by atoms with Gasteiger partial charge in [0.15, 0.2) is 0 Å². The first-order chi connectivity index (χ1) is 4.20. The molecule has 0 aromatic rings. The Kier molecular flexibility index (Phi) is 2.29. The number of aliphatic carboxylic acids is 1. The highest BCUT2D eigenvalue weighted by Gasteiger charge is 2.26. The maximum absolute atomic E-state index is 10.3. The van der Waals surface area contributed by atoms with Gasteiger partial charge in [-0.25, -0.2) is 0 Å². The lowest BCUT2D eigenvalue weighted by Gasteiger charge is -1.99. The minimum atomic E-state index is -0.728. The normalized spacial score (nSPS) is 34.8. The molecule has 3 nitrogen and oxygen atoms in total. The summed E-state index contributed by atoms with van der Waals surface area (Å²) in [6.45, 7) is 0.831. The number of hydrogen-bond donors (Lipinski definition) is 2. The Morgan fingerprint density at radius 3 is 2.67 bits per heavy atom. The maximum Gasteiger partial charge on any atom is 0.320 e. The molecule has 0 spiro atoms. The number of carboxylic acids is 1. The van der Waals surface area contributed by atoms with Crippen LogP contribution in [0.25, 0.3) is 0 Å². The highest BCUT2D eigenvalue weighted by atomic mass is 127. The molecule has 4 heteroatoms. The molecule has 1 aliphatic heterocycles. The second-order valence-corrected chi connectivity index (χ2v) is 3.89. The Morgan fingerprint density at radius 2 is 2.44 bits per heavy atom. The first-order valence-corrected chi connectivity index (χ1v) is 4.05. The van der Waals surface area contributed by atoms with Gasteiger partial charge in [0.05, 0.1) is 0 Å². The molecule has 1 saturated heterocycles. The molecular weight excluding hydrogens is 233 g/mol. The number of carboxylic acid groups (broad SMARTS) is 1. The van der Waals surface area contributed by atoms with Crippen LogP contribution in [0.3, 0.4) is 0 Å². The van der Waals surface area contributed by atoms with Crippen molar-refractivity contribution in [2.24, 2.45) is 0 Å². The third-order valence-electron chi connectivity index (χ3n) is 1.38. The van der Waals surface area contributed by atoms with E-state index in [1.807, 2.05) is 0 Å². The average molecular weight is 241 g/mol. The van der Waals surface area contributed by atoms with E-state index in [9.17, 15) is 4.79 Å². The lowest BCUT2D eigenvalue weighted by molar-refractivity contribution is -0.139. The number of halogens is 1. The summed E-state index contributed by atoms with van der Waals surface area (Å²) in [5, 5.41) is 11.4. The fraction of sp³-hybridized carbons (Fsp3) is 0.800. The fourth-order valence-electron chi connectivity index (χ4n) is 0.881. The van der Waals surface area contributed by atoms with E-state index in [0.29, 0.717) is 3.92 Å². The van der Waals surface area contributed by atoms with E-state index in [2.05, 4.69) is 27.9 Å². The lowest BCUT2D eigenvalue weighted by Crippen LogP contribution is -2.29. The molecule has 1 fully saturated rings. The second-order valence-electron chi connectivity index (χ2n) is 2.13. The second kappa shape index (κ2) is 2.83. The number of alkyl halides is 1. The molecule has 2 N–H and O–H groups in total. The summed E-state index contributed by atoms with van der Waals surface area (Å²) in [7, 11) is 0. The lowest BCUT2D eigenvalue weighted by atomic mass is 10.2. The van der Waals surface area contributed by atoms with Crippen LogP contribution in [0.2, 0.25) is 0 Å². The number of rotatable bonds is 1. The van der Waals surface area contributed by atoms with Crippen LogP contribution in [-0.4, -0.2) is 27.6 Å². The predicted octanol–water partition coefficient (Wildman–Crippen LogP) is 0.236. The van der Waals surface area contributed by atoms with Crippen molar-refractivity contribution < 1.29 is 9.90 Å². The summed E-state index contributed by atoms with van der Waals surface area (Å²) in [5.41, 5.74) is 0. The summed E-state index contributed by atoms with van der Waals surface area (Å²) in [6.07, 6.45) is 0.760. The van der Waals surface area contributed by atoms with Crippen LogP contribution >= 0.6 is 22.6 Å². The first kappa shape index (κ1) is 7.27. The smallest absolute Gasteiger partial charge is 0.320 e. The van der Waals surface area contributed by atoms with Crippen LogP contribution < -0.4 is 5.32 Å². The molecule has 1 rings (SSSR count). The van der Waals surface area contributed by atoms with Crippen molar-refractivity contribution in [1.29, 1.82) is 0 Å². The van der Waals surface area contributed by atoms with Gasteiger partial charge in [0.2, 0.25) is 0 Å². The molecule has 0 aromatic heterocycles. The first-order valence-electron chi connectivity index (χ1n) is 2.80. The average Bonchev–Trinajstić information content (AvgIpc) is 2.14. The van der Waals surface area contributed by atoms with Crippen LogP contribution in [0.4, 0.5) is 0 Å². The van der Waals surface area contributed by atoms with Crippen molar-refractivity contribution in [3.63, 3.8) is 0 Å². The summed E-state index contributed by atoms with van der Waals surface area (Å²) in [4.78, 5) is 10.3. The molecule has 0 amide bonds. The van der Waals surface area contributed by atoms with E-state index < -0.39 is 5.97 Å². The number of carbonyl (C=O) groups is 1. The number of nitrogens with one attached hydrogen (secondary N) is 1. The van der Waals surface area contributed by atoms with Crippen LogP contribution in [0.1, 0.15) is 6.42 Å². The van der Waals surface area contributed by atoms with Crippen LogP contribution in [0.5, 0.6) is 0 Å². The third-order valence-corrected chi connectivity index (χ3v) is 2.32. The topological polar surface area (TPSA) is 49.3 Å². The quantitative estimate of drug-likeness (QED) is 0.510. The highest BCUT2D eigenvalue weighted by molar-refractivity contribution is 14.1. The van der Waals surface area contributed by atoms with Gasteiger partial charge < -0.3 is 10.4 Å². The molecule has 0 radical (unpaired) electrons. The minimum absolute atomic E-state index is 0.299. The highest BCUT2D eigenvalue weighted by Crippen LogP contribution is 2.14. The monoisotopic (exact) mass is 241 g/mol. The van der Waals surface area contributed by atoms with Crippen molar-refractivity contribution in [1.82, 2.24) is 5.32 Å². The van der Waals surface area contributed by atoms with E-state index in [1.54, 1.807) is 0 Å². The van der Waals surface area contributed by atoms with Crippen molar-refractivity contribution in [2.75, 3.05) is 6.54 Å². The van der Waals surface area contributed by atoms with Crippen molar-refractivity contribution >= 4 is 28.6 Å². The SMILES string of the molecule is O=C(O)[C@@H]1C[C@H](I)CN1. The van der Waals surface area contributed by atoms with Gasteiger partial charge in [0.1, 0.15) is 6.04 Å². The van der Waals surface area contributed by atoms with Gasteiger partial charge in [-0.15, -0.1) is 0 Å². The molecule has 0 saturated carbocycles. The van der Waals surface area contributed by atoms with Gasteiger partial charge in [-0.2, -0.15) is 0 Å². The Morgan fingerprint density at radius 1 is 1.78 bits per heavy atom. The van der Waals surface area contributed by atoms with E-state index in [-0.39, 0.29) is 6.04 Å². The van der Waals surface area contributed by atoms with E-state index in [4.69, 9.17) is 5.11 Å². The summed E-state index contributed by atoms with van der Waals surface area (Å²) in [6, 6.07) is -0.299. The maximum atomic E-state index is 10.3. The summed E-state index contributed by atoms with van der Waals surface area (Å²) < 4.78 is 0.490. The fourth-order valence-corrected chi connectivity index (χ4v) is 1.64. The van der Waals surface area contributed by atoms with Gasteiger partial charge in [0.25, 0.3) is 0 Å². The van der Waals surface area contributed by atoms with E-state index in [0.717, 1.165) is 13.0 Å². The molecule has 0 bridgehead atoms. The van der Waals surface area contributed by atoms with Gasteiger partial charge >= 0.3 is 5.97 Å². The standard InChI is InChI=1S/C5H8INO2/c6-3-1-4(5(8)9)7-2-3/h3-4,7H,1-2H2,(H,8,9)/t3-,4-/m0/s1. The molecular formula is C5H8INO2. The molecule has 2 atom stereocenters. The van der Waals surface area contributed by atoms with Gasteiger partial charge in [0, 0.05) is 10.5 Å². The zero-order chi connectivity index (χ0) is 6.85. The van der Waals surface area contributed by atoms with E-state index >= 15 is 0 Å². The molecule has 0 unspecified atom stereocenters. The molecule has 1 aliphatic rings. The zero-order valence-corrected chi connectivity index (χ0v) is 6.96. The van der Waals surface area contributed by atoms with Crippen molar-refractivity contribution in [3.8, 4) is 0 Å². The Balaban J connectivity index is 2.39. The van der Waals surface area contributed by atoms with Gasteiger partial charge in [-0.05, 0) is 6.42 Å². The molecule has 9 heavy (non-hydrogen) atoms. The Bertz CT molecular complexity index is 128. The minimum Gasteiger partial charge on any atom is -0.480 e. The van der Waals surface area contributed by atoms with Crippen molar-refractivity contribution in [3.05, 3.63) is 0 Å². The van der Waals surface area contributed by atoms with Crippen LogP contribution in [0, 0.1) is 0 Å². The third kappa shape index (κ3) is 1.79. The van der Waals surface area contributed by atoms with Crippen LogP contribution in [-0.2, 0) is 4.79 Å². The Labute approximate surface area is 67.0 Å². The Hall–Kier alpha value is 0.160. The summed E-state index contributed by atoms with van der Waals surface area (Å²) in [5.74, 6) is -0.728. The molecule has 1 heterocycles. The largest absolute Gasteiger partial charge is 0.480 e. The predicted molar refractivity (Wildman–Crippen MR) is 41.9 cm³/mol. The van der Waals surface area contributed by atoms with E-state index in [1.165, 1.54) is 0 Å². The van der Waals surface area contributed by atoms with Gasteiger partial charge in [-0.1, -0.05) is 22.6 Å². The number of hydrogen-bond acceptors (Lipinski definition) is 2. The molecule has 52 valence electrons. The van der Waals surface area contributed by atoms with Crippen molar-refractivity contribution in [2.45, 2.75) is 16.4 Å². The zero-order valence-electron chi connectivity index (χ0n) is 4.80. The molecule has 0 aromatic carbocycles. The van der Waals surface area contributed by atoms with Crippen LogP contribution in [0.15, 0.2) is 0 Å². The molecule has 0 aliphatic carbocycles.